The zero-order valence-corrected chi connectivity index (χ0v) is 7.38. The van der Waals surface area contributed by atoms with Crippen molar-refractivity contribution < 1.29 is 0 Å². The molecule has 0 aromatic carbocycles. The second-order valence-corrected chi connectivity index (χ2v) is 2.77. The minimum Gasteiger partial charge on any atom is -0.115 e. The summed E-state index contributed by atoms with van der Waals surface area (Å²) in [6.45, 7) is 12.3. The van der Waals surface area contributed by atoms with Crippen molar-refractivity contribution in [3.8, 4) is 0 Å². The zero-order valence-electron chi connectivity index (χ0n) is 7.38. The number of hydrogen-bond donors (Lipinski definition) is 0. The third-order valence-electron chi connectivity index (χ3n) is 1.14. The molecule has 0 aliphatic carbocycles. The van der Waals surface area contributed by atoms with Crippen LogP contribution < -0.4 is 0 Å². The van der Waals surface area contributed by atoms with Crippen LogP contribution in [-0.2, 0) is 0 Å². The summed E-state index contributed by atoms with van der Waals surface area (Å²) in [5, 5.41) is 0. The van der Waals surface area contributed by atoms with Crippen molar-refractivity contribution in [2.45, 2.75) is 13.6 Å². The molecule has 0 aromatic heterocycles. The molecule has 0 aromatic rings. The zero-order chi connectivity index (χ0) is 8.69. The lowest BCUT2D eigenvalue weighted by Crippen LogP contribution is -1.91. The highest BCUT2D eigenvalue weighted by atomic mass is 13.8. The van der Waals surface area contributed by atoms with Gasteiger partial charge in [-0.1, -0.05) is 51.1 Å². The van der Waals surface area contributed by atoms with E-state index in [9.17, 15) is 0 Å². The Morgan fingerprint density at radius 2 is 1.91 bits per heavy atom. The maximum absolute atomic E-state index is 3.84. The van der Waals surface area contributed by atoms with Crippen LogP contribution >= 0.6 is 0 Å². The molecule has 0 saturated heterocycles. The van der Waals surface area contributed by atoms with Gasteiger partial charge >= 0.3 is 0 Å². The molecule has 0 fully saturated rings. The molecule has 0 bridgehead atoms. The second-order valence-electron chi connectivity index (χ2n) is 2.77. The molecule has 0 amide bonds. The summed E-state index contributed by atoms with van der Waals surface area (Å²) in [4.78, 5) is 0. The Hall–Kier alpha value is -0.975. The van der Waals surface area contributed by atoms with E-state index >= 15 is 0 Å². The average molecular weight is 146 g/mol. The molecule has 1 heteroatoms. The first kappa shape index (κ1) is 10.0. The van der Waals surface area contributed by atoms with E-state index in [0.717, 1.165) is 5.57 Å². The van der Waals surface area contributed by atoms with Crippen molar-refractivity contribution in [1.82, 2.24) is 0 Å². The lowest BCUT2D eigenvalue weighted by atomic mass is 9.55. The van der Waals surface area contributed by atoms with Gasteiger partial charge in [-0.05, 0) is 5.57 Å². The van der Waals surface area contributed by atoms with Crippen LogP contribution in [0.2, 0.25) is 13.6 Å². The molecule has 0 rings (SSSR count). The number of allylic oxidation sites excluding steroid dienone is 5. The lowest BCUT2D eigenvalue weighted by molar-refractivity contribution is 1.74. The van der Waals surface area contributed by atoms with Gasteiger partial charge in [-0.15, -0.1) is 5.98 Å². The van der Waals surface area contributed by atoms with Crippen molar-refractivity contribution in [2.24, 2.45) is 0 Å². The highest BCUT2D eigenvalue weighted by Crippen LogP contribution is 1.96. The first-order valence-electron chi connectivity index (χ1n) is 3.83. The van der Waals surface area contributed by atoms with Crippen LogP contribution in [0.25, 0.3) is 0 Å². The Morgan fingerprint density at radius 3 is 2.36 bits per heavy atom. The predicted octanol–water partition coefficient (Wildman–Crippen LogP) is 3.13. The summed E-state index contributed by atoms with van der Waals surface area (Å²) < 4.78 is 0. The van der Waals surface area contributed by atoms with Crippen LogP contribution in [0.5, 0.6) is 0 Å². The molecule has 11 heavy (non-hydrogen) atoms. The van der Waals surface area contributed by atoms with Crippen LogP contribution in [0, 0.1) is 0 Å². The largest absolute Gasteiger partial charge is 0.160 e. The predicted molar refractivity (Wildman–Crippen MR) is 55.1 cm³/mol. The summed E-state index contributed by atoms with van der Waals surface area (Å²) in [7, 11) is 0. The van der Waals surface area contributed by atoms with E-state index in [1.165, 1.54) is 0 Å². The summed E-state index contributed by atoms with van der Waals surface area (Å²) in [5.41, 5.74) is 1.01. The summed E-state index contributed by atoms with van der Waals surface area (Å²) >= 11 is 0. The molecular weight excluding hydrogens is 131 g/mol. The Labute approximate surface area is 70.1 Å². The van der Waals surface area contributed by atoms with E-state index in [0.29, 0.717) is 6.71 Å². The van der Waals surface area contributed by atoms with Crippen molar-refractivity contribution in [3.05, 3.63) is 49.0 Å². The molecule has 0 radical (unpaired) electrons. The Morgan fingerprint density at radius 1 is 1.27 bits per heavy atom. The summed E-state index contributed by atoms with van der Waals surface area (Å²) in [5.74, 6) is 2.12. The van der Waals surface area contributed by atoms with Gasteiger partial charge in [0, 0.05) is 0 Å². The summed E-state index contributed by atoms with van der Waals surface area (Å²) in [6.07, 6.45) is 7.58. The average Bonchev–Trinajstić information content (AvgIpc) is 1.97. The maximum atomic E-state index is 3.84. The molecule has 0 saturated carbocycles. The molecule has 0 unspecified atom stereocenters. The highest BCUT2D eigenvalue weighted by molar-refractivity contribution is 6.61. The highest BCUT2D eigenvalue weighted by Gasteiger charge is 1.88. The smallest absolute Gasteiger partial charge is 0.115 e. The maximum Gasteiger partial charge on any atom is 0.160 e. The molecule has 58 valence electrons. The topological polar surface area (TPSA) is 0 Å². The fourth-order valence-electron chi connectivity index (χ4n) is 0.563. The van der Waals surface area contributed by atoms with E-state index in [2.05, 4.69) is 32.8 Å². The van der Waals surface area contributed by atoms with Crippen LogP contribution in [0.15, 0.2) is 49.0 Å². The second kappa shape index (κ2) is 5.78. The molecule has 0 heterocycles. The third kappa shape index (κ3) is 6.92. The van der Waals surface area contributed by atoms with E-state index < -0.39 is 0 Å². The minimum absolute atomic E-state index is 0.587. The molecule has 0 atom stereocenters. The van der Waals surface area contributed by atoms with Gasteiger partial charge in [0.05, 0.1) is 0 Å². The molecule has 0 spiro atoms. The van der Waals surface area contributed by atoms with E-state index in [1.54, 1.807) is 6.08 Å². The SMILES string of the molecule is C=C/C=C\C(=C)/C=C\B(C)C. The van der Waals surface area contributed by atoms with Crippen LogP contribution in [0.1, 0.15) is 0 Å². The van der Waals surface area contributed by atoms with Gasteiger partial charge in [-0.2, -0.15) is 0 Å². The van der Waals surface area contributed by atoms with Crippen molar-refractivity contribution >= 4 is 6.71 Å². The Kier molecular flexibility index (Phi) is 5.27. The Balaban J connectivity index is 3.87. The fraction of sp³-hybridized carbons (Fsp3) is 0.200. The number of hydrogen-bond acceptors (Lipinski definition) is 0. The van der Waals surface area contributed by atoms with Crippen LogP contribution in [0.4, 0.5) is 0 Å². The van der Waals surface area contributed by atoms with Gasteiger partial charge < -0.3 is 0 Å². The molecule has 0 aliphatic rings. The van der Waals surface area contributed by atoms with Gasteiger partial charge in [-0.25, -0.2) is 0 Å². The normalized spacial score (nSPS) is 10.7. The number of rotatable bonds is 4. The van der Waals surface area contributed by atoms with Gasteiger partial charge in [0.25, 0.3) is 0 Å². The minimum atomic E-state index is 0.587. The molecular formula is C10H15B. The van der Waals surface area contributed by atoms with Crippen LogP contribution in [-0.4, -0.2) is 6.71 Å². The van der Waals surface area contributed by atoms with Crippen LogP contribution in [0.3, 0.4) is 0 Å². The molecule has 0 aliphatic heterocycles. The van der Waals surface area contributed by atoms with E-state index in [-0.39, 0.29) is 0 Å². The van der Waals surface area contributed by atoms with E-state index in [1.807, 2.05) is 18.2 Å². The van der Waals surface area contributed by atoms with Crippen molar-refractivity contribution in [3.63, 3.8) is 0 Å². The summed E-state index contributed by atoms with van der Waals surface area (Å²) in [6, 6.07) is 0. The van der Waals surface area contributed by atoms with Gasteiger partial charge in [0.15, 0.2) is 6.71 Å². The van der Waals surface area contributed by atoms with E-state index in [4.69, 9.17) is 0 Å². The fourth-order valence-corrected chi connectivity index (χ4v) is 0.563. The lowest BCUT2D eigenvalue weighted by Gasteiger charge is -1.89. The quantitative estimate of drug-likeness (QED) is 0.422. The van der Waals surface area contributed by atoms with Crippen molar-refractivity contribution in [2.75, 3.05) is 0 Å². The Bertz CT molecular complexity index is 185. The van der Waals surface area contributed by atoms with Crippen molar-refractivity contribution in [1.29, 1.82) is 0 Å². The first-order chi connectivity index (χ1) is 5.16. The first-order valence-corrected chi connectivity index (χ1v) is 3.83. The third-order valence-corrected chi connectivity index (χ3v) is 1.14. The van der Waals surface area contributed by atoms with Gasteiger partial charge in [-0.3, -0.25) is 0 Å². The standard InChI is InChI=1S/C10H15B/c1-5-6-7-10(2)8-9-11(3)4/h5-9H,1-2H2,3-4H3/b7-6-,9-8-. The molecule has 0 nitrogen and oxygen atoms in total. The molecule has 0 N–H and O–H groups in total. The monoisotopic (exact) mass is 146 g/mol. The van der Waals surface area contributed by atoms with Gasteiger partial charge in [0.1, 0.15) is 0 Å². The van der Waals surface area contributed by atoms with Gasteiger partial charge in [0.2, 0.25) is 0 Å².